The van der Waals surface area contributed by atoms with Crippen LogP contribution in [0.3, 0.4) is 0 Å². The standard InChI is InChI=1S/2C10H19.C6H10.2C4H9.2W.Y/c2*1-10(2,3)9-7-5-4-6-8-9;1-2-4-6-5-3-1;2*1-4(2)3;;;/h2*4,9H,5-8H2,1-3H3;1,6H,2-5H2;2*1-3H3;;;/q2*-1;-2;2*-1;2*+2;. The van der Waals surface area contributed by atoms with Gasteiger partial charge in [0.15, 0.2) is 0 Å². The molecule has 0 saturated heterocycles. The maximum absolute atomic E-state index is 2.43. The minimum absolute atomic E-state index is 0. The molecule has 3 saturated carbocycles. The predicted octanol–water partition coefficient (Wildman–Crippen LogP) is 12.1. The van der Waals surface area contributed by atoms with Crippen molar-refractivity contribution in [2.24, 2.45) is 22.7 Å². The predicted molar refractivity (Wildman–Crippen MR) is 159 cm³/mol. The molecule has 0 aliphatic heterocycles. The van der Waals surface area contributed by atoms with Crippen molar-refractivity contribution in [1.82, 2.24) is 0 Å². The van der Waals surface area contributed by atoms with E-state index >= 15 is 0 Å². The van der Waals surface area contributed by atoms with E-state index in [2.05, 4.69) is 109 Å². The largest absolute Gasteiger partial charge is 2.00 e. The van der Waals surface area contributed by atoms with Crippen LogP contribution in [-0.4, -0.2) is 0 Å². The SMILES string of the molecule is CC(C)(C)C1CC[CH-]CC1.CC(C)(C)C1CC[CH-]CC1.C[C-](C)C.C[C-](C)C.[CH-]1CC[CH-]CC1.[W+2].[W+2].[Y]. The molecule has 3 aliphatic carbocycles. The monoisotopic (exact) mass is 931 g/mol. The van der Waals surface area contributed by atoms with Crippen LogP contribution in [0.5, 0.6) is 0 Å². The summed E-state index contributed by atoms with van der Waals surface area (Å²) in [6.07, 6.45) is 25.9. The summed E-state index contributed by atoms with van der Waals surface area (Å²) in [4.78, 5) is 0. The van der Waals surface area contributed by atoms with E-state index in [4.69, 9.17) is 0 Å². The van der Waals surface area contributed by atoms with Gasteiger partial charge in [-0.15, -0.1) is 0 Å². The second-order valence-corrected chi connectivity index (χ2v) is 13.7. The van der Waals surface area contributed by atoms with Crippen LogP contribution >= 0.6 is 0 Å². The van der Waals surface area contributed by atoms with Gasteiger partial charge in [0.05, 0.1) is 0 Å². The van der Waals surface area contributed by atoms with Crippen molar-refractivity contribution in [2.75, 3.05) is 0 Å². The molecule has 0 N–H and O–H groups in total. The normalized spacial score (nSPS) is 18.3. The van der Waals surface area contributed by atoms with Gasteiger partial charge in [0, 0.05) is 32.7 Å². The second kappa shape index (κ2) is 30.0. The minimum Gasteiger partial charge on any atom is -0.333 e. The molecule has 0 aromatic carbocycles. The van der Waals surface area contributed by atoms with Gasteiger partial charge in [0.1, 0.15) is 0 Å². The molecular weight excluding hydrogens is 865 g/mol. The van der Waals surface area contributed by atoms with Crippen LogP contribution < -0.4 is 0 Å². The maximum atomic E-state index is 2.43. The zero-order chi connectivity index (χ0) is 26.6. The van der Waals surface area contributed by atoms with E-state index in [0.717, 1.165) is 11.8 Å². The summed E-state index contributed by atoms with van der Waals surface area (Å²) >= 11 is 0. The Kier molecular flexibility index (Phi) is 39.8. The first kappa shape index (κ1) is 49.2. The third kappa shape index (κ3) is 38.5. The molecule has 37 heavy (non-hydrogen) atoms. The van der Waals surface area contributed by atoms with Gasteiger partial charge >= 0.3 is 42.1 Å². The molecule has 3 rings (SSSR count). The summed E-state index contributed by atoms with van der Waals surface area (Å²) in [5, 5.41) is 0. The van der Waals surface area contributed by atoms with E-state index in [-0.39, 0.29) is 74.8 Å². The Bertz CT molecular complexity index is 353. The first-order valence-electron chi connectivity index (χ1n) is 14.5. The van der Waals surface area contributed by atoms with Crippen LogP contribution in [0.1, 0.15) is 160 Å². The fourth-order valence-electron chi connectivity index (χ4n) is 4.35. The summed E-state index contributed by atoms with van der Waals surface area (Å²) in [6, 6.07) is 0. The molecule has 3 aliphatic rings. The summed E-state index contributed by atoms with van der Waals surface area (Å²) in [7, 11) is 0. The molecule has 0 nitrogen and oxygen atoms in total. The zero-order valence-corrected chi connectivity index (χ0v) is 36.0. The first-order chi connectivity index (χ1) is 15.7. The van der Waals surface area contributed by atoms with Gasteiger partial charge in [-0.1, -0.05) is 67.2 Å². The Hall–Kier alpha value is 2.48. The van der Waals surface area contributed by atoms with Gasteiger partial charge in [-0.25, -0.2) is 25.7 Å². The van der Waals surface area contributed by atoms with Gasteiger partial charge < -0.3 is 37.5 Å². The summed E-state index contributed by atoms with van der Waals surface area (Å²) in [6.45, 7) is 26.7. The molecule has 1 radical (unpaired) electrons. The van der Waals surface area contributed by atoms with Gasteiger partial charge in [-0.3, -0.25) is 0 Å². The van der Waals surface area contributed by atoms with Crippen molar-refractivity contribution < 1.29 is 74.8 Å². The average molecular weight is 931 g/mol. The van der Waals surface area contributed by atoms with Crippen LogP contribution in [0, 0.1) is 60.2 Å². The average Bonchev–Trinajstić information content (AvgIpc) is 2.75. The van der Waals surface area contributed by atoms with Gasteiger partial charge in [-0.2, -0.15) is 67.2 Å². The van der Waals surface area contributed by atoms with Crippen LogP contribution in [0.4, 0.5) is 0 Å². The molecule has 3 fully saturated rings. The van der Waals surface area contributed by atoms with Crippen molar-refractivity contribution in [1.29, 1.82) is 0 Å². The van der Waals surface area contributed by atoms with Gasteiger partial charge in [0.2, 0.25) is 0 Å². The zero-order valence-electron chi connectivity index (χ0n) is 27.3. The Morgan fingerprint density at radius 3 is 0.703 bits per heavy atom. The molecule has 0 aromatic rings. The Balaban J connectivity index is -0.000000119. The quantitative estimate of drug-likeness (QED) is 0.212. The topological polar surface area (TPSA) is 0 Å². The van der Waals surface area contributed by atoms with E-state index in [1.807, 2.05) is 0 Å². The maximum Gasteiger partial charge on any atom is 2.00 e. The van der Waals surface area contributed by atoms with Crippen LogP contribution in [0.15, 0.2) is 0 Å². The molecule has 0 bridgehead atoms. The number of hydrogen-bond acceptors (Lipinski definition) is 0. The molecule has 219 valence electrons. The van der Waals surface area contributed by atoms with E-state index in [1.165, 1.54) is 88.9 Å². The molecule has 0 atom stereocenters. The number of hydrogen-bond donors (Lipinski definition) is 0. The Morgan fingerprint density at radius 1 is 0.432 bits per heavy atom. The molecule has 0 unspecified atom stereocenters. The fourth-order valence-corrected chi connectivity index (χ4v) is 4.35. The number of rotatable bonds is 0. The van der Waals surface area contributed by atoms with Crippen LogP contribution in [0.25, 0.3) is 0 Å². The van der Waals surface area contributed by atoms with Gasteiger partial charge in [0.25, 0.3) is 0 Å². The smallest absolute Gasteiger partial charge is 0.333 e. The van der Waals surface area contributed by atoms with Gasteiger partial charge in [-0.05, 0) is 22.7 Å². The van der Waals surface area contributed by atoms with Crippen molar-refractivity contribution >= 4 is 0 Å². The summed E-state index contributed by atoms with van der Waals surface area (Å²) in [5.74, 6) is 4.77. The van der Waals surface area contributed by atoms with E-state index < -0.39 is 0 Å². The molecule has 0 amide bonds. The summed E-state index contributed by atoms with van der Waals surface area (Å²) in [5.41, 5.74) is 1.10. The van der Waals surface area contributed by atoms with Crippen molar-refractivity contribution in [2.45, 2.75) is 160 Å². The van der Waals surface area contributed by atoms with Crippen molar-refractivity contribution in [3.8, 4) is 0 Å². The fraction of sp³-hybridized carbons (Fsp3) is 0.824. The summed E-state index contributed by atoms with van der Waals surface area (Å²) < 4.78 is 0. The van der Waals surface area contributed by atoms with Crippen LogP contribution in [0.2, 0.25) is 0 Å². The van der Waals surface area contributed by atoms with Crippen LogP contribution in [-0.2, 0) is 74.8 Å². The third-order valence-corrected chi connectivity index (χ3v) is 6.48. The molecular formula is C34H66W2Y-2. The van der Waals surface area contributed by atoms with Crippen molar-refractivity contribution in [3.05, 3.63) is 37.5 Å². The molecule has 0 aromatic heterocycles. The molecule has 0 heterocycles. The second-order valence-electron chi connectivity index (χ2n) is 13.7. The molecule has 0 spiro atoms. The minimum atomic E-state index is 0. The van der Waals surface area contributed by atoms with E-state index in [9.17, 15) is 0 Å². The van der Waals surface area contributed by atoms with E-state index in [0.29, 0.717) is 10.8 Å². The Morgan fingerprint density at radius 2 is 0.595 bits per heavy atom. The first-order valence-corrected chi connectivity index (χ1v) is 14.5. The van der Waals surface area contributed by atoms with Crippen molar-refractivity contribution in [3.63, 3.8) is 0 Å². The third-order valence-electron chi connectivity index (χ3n) is 6.48. The Labute approximate surface area is 292 Å². The van der Waals surface area contributed by atoms with E-state index in [1.54, 1.807) is 0 Å². The molecule has 3 heteroatoms.